The van der Waals surface area contributed by atoms with Crippen LogP contribution in [0.1, 0.15) is 24.6 Å². The highest BCUT2D eigenvalue weighted by Crippen LogP contribution is 2.27. The van der Waals surface area contributed by atoms with Gasteiger partial charge in [-0.05, 0) is 6.92 Å². The molecule has 0 saturated heterocycles. The van der Waals surface area contributed by atoms with Gasteiger partial charge in [-0.1, -0.05) is 0 Å². The van der Waals surface area contributed by atoms with Gasteiger partial charge in [-0.3, -0.25) is 0 Å². The molecule has 78 valence electrons. The van der Waals surface area contributed by atoms with Crippen molar-refractivity contribution in [3.8, 4) is 0 Å². The van der Waals surface area contributed by atoms with Gasteiger partial charge in [0.25, 0.3) is 5.82 Å². The van der Waals surface area contributed by atoms with Gasteiger partial charge in [0.2, 0.25) is 0 Å². The van der Waals surface area contributed by atoms with Crippen molar-refractivity contribution in [1.29, 1.82) is 0 Å². The smallest absolute Gasteiger partial charge is 0.306 e. The van der Waals surface area contributed by atoms with Crippen molar-refractivity contribution < 1.29 is 13.2 Å². The molecule has 14 heavy (non-hydrogen) atoms. The molecular weight excluding hydrogens is 197 g/mol. The van der Waals surface area contributed by atoms with Crippen LogP contribution in [0.5, 0.6) is 0 Å². The Morgan fingerprint density at radius 3 is 2.79 bits per heavy atom. The number of fused-ring (bicyclic) bond motifs is 1. The van der Waals surface area contributed by atoms with Crippen LogP contribution in [-0.2, 0) is 12.7 Å². The van der Waals surface area contributed by atoms with E-state index in [4.69, 9.17) is 0 Å². The predicted octanol–water partition coefficient (Wildman–Crippen LogP) is 0.961. The van der Waals surface area contributed by atoms with Gasteiger partial charge in [-0.25, -0.2) is 9.67 Å². The molecule has 1 aliphatic rings. The normalized spacial score (nSPS) is 22.1. The summed E-state index contributed by atoms with van der Waals surface area (Å²) in [5.74, 6) is -0.702. The van der Waals surface area contributed by atoms with E-state index in [1.807, 2.05) is 0 Å². The van der Waals surface area contributed by atoms with Gasteiger partial charge < -0.3 is 5.32 Å². The zero-order valence-electron chi connectivity index (χ0n) is 7.47. The molecule has 0 fully saturated rings. The molecule has 1 aromatic rings. The zero-order chi connectivity index (χ0) is 10.3. The summed E-state index contributed by atoms with van der Waals surface area (Å²) in [4.78, 5) is 3.47. The molecule has 2 heterocycles. The second kappa shape index (κ2) is 2.94. The van der Waals surface area contributed by atoms with Gasteiger partial charge >= 0.3 is 6.18 Å². The van der Waals surface area contributed by atoms with Crippen LogP contribution in [0.2, 0.25) is 0 Å². The summed E-state index contributed by atoms with van der Waals surface area (Å²) >= 11 is 0. The lowest BCUT2D eigenvalue weighted by Gasteiger charge is -2.19. The van der Waals surface area contributed by atoms with Crippen LogP contribution in [0.3, 0.4) is 0 Å². The minimum Gasteiger partial charge on any atom is -0.306 e. The molecule has 0 bridgehead atoms. The Balaban J connectivity index is 2.40. The Morgan fingerprint density at radius 2 is 2.21 bits per heavy atom. The first-order valence-corrected chi connectivity index (χ1v) is 4.24. The van der Waals surface area contributed by atoms with Gasteiger partial charge in [0.05, 0.1) is 12.6 Å². The lowest BCUT2D eigenvalue weighted by molar-refractivity contribution is -0.145. The molecule has 0 aliphatic carbocycles. The van der Waals surface area contributed by atoms with Crippen LogP contribution in [-0.4, -0.2) is 21.3 Å². The van der Waals surface area contributed by atoms with Crippen LogP contribution < -0.4 is 5.32 Å². The Labute approximate surface area is 78.1 Å². The average Bonchev–Trinajstić information content (AvgIpc) is 2.48. The van der Waals surface area contributed by atoms with Crippen molar-refractivity contribution in [2.45, 2.75) is 25.7 Å². The fourth-order valence-corrected chi connectivity index (χ4v) is 1.44. The predicted molar refractivity (Wildman–Crippen MR) is 41.4 cm³/mol. The van der Waals surface area contributed by atoms with Crippen LogP contribution in [0.15, 0.2) is 0 Å². The molecule has 1 unspecified atom stereocenters. The van der Waals surface area contributed by atoms with Gasteiger partial charge in [0, 0.05) is 6.54 Å². The van der Waals surface area contributed by atoms with Gasteiger partial charge in [0.1, 0.15) is 5.82 Å². The Kier molecular flexibility index (Phi) is 1.99. The number of nitrogens with zero attached hydrogens (tertiary/aromatic N) is 3. The SMILES string of the molecule is CC1NCCn2nc(C(F)(F)F)nc21. The fourth-order valence-electron chi connectivity index (χ4n) is 1.44. The van der Waals surface area contributed by atoms with E-state index in [0.717, 1.165) is 0 Å². The minimum atomic E-state index is -4.45. The third-order valence-corrected chi connectivity index (χ3v) is 2.12. The summed E-state index contributed by atoms with van der Waals surface area (Å²) in [6, 6.07) is -0.174. The number of hydrogen-bond acceptors (Lipinski definition) is 3. The second-order valence-electron chi connectivity index (χ2n) is 3.19. The number of halogens is 3. The largest absolute Gasteiger partial charge is 0.453 e. The Morgan fingerprint density at radius 1 is 1.50 bits per heavy atom. The van der Waals surface area contributed by atoms with E-state index in [1.54, 1.807) is 6.92 Å². The Hall–Kier alpha value is -1.11. The number of rotatable bonds is 0. The molecule has 4 nitrogen and oxygen atoms in total. The fraction of sp³-hybridized carbons (Fsp3) is 0.714. The molecule has 1 N–H and O–H groups in total. The first-order chi connectivity index (χ1) is 6.48. The minimum absolute atomic E-state index is 0.174. The number of aromatic nitrogens is 3. The van der Waals surface area contributed by atoms with Gasteiger partial charge in [-0.2, -0.15) is 13.2 Å². The molecule has 7 heteroatoms. The summed E-state index contributed by atoms with van der Waals surface area (Å²) < 4.78 is 38.0. The third kappa shape index (κ3) is 1.47. The van der Waals surface area contributed by atoms with E-state index in [0.29, 0.717) is 18.9 Å². The monoisotopic (exact) mass is 206 g/mol. The van der Waals surface area contributed by atoms with E-state index < -0.39 is 12.0 Å². The van der Waals surface area contributed by atoms with Gasteiger partial charge in [0.15, 0.2) is 0 Å². The highest BCUT2D eigenvalue weighted by atomic mass is 19.4. The molecule has 0 spiro atoms. The maximum atomic E-state index is 12.2. The molecule has 1 atom stereocenters. The first kappa shape index (κ1) is 9.45. The van der Waals surface area contributed by atoms with E-state index >= 15 is 0 Å². The van der Waals surface area contributed by atoms with E-state index in [-0.39, 0.29) is 6.04 Å². The Bertz CT molecular complexity index is 343. The zero-order valence-corrected chi connectivity index (χ0v) is 7.47. The van der Waals surface area contributed by atoms with Crippen molar-refractivity contribution >= 4 is 0 Å². The van der Waals surface area contributed by atoms with E-state index in [2.05, 4.69) is 15.4 Å². The molecular formula is C7H9F3N4. The molecule has 1 aliphatic heterocycles. The second-order valence-corrected chi connectivity index (χ2v) is 3.19. The number of nitrogens with one attached hydrogen (secondary N) is 1. The molecule has 0 aromatic carbocycles. The third-order valence-electron chi connectivity index (χ3n) is 2.12. The standard InChI is InChI=1S/C7H9F3N4/c1-4-5-12-6(7(8,9)10)13-14(5)3-2-11-4/h4,11H,2-3H2,1H3. The summed E-state index contributed by atoms with van der Waals surface area (Å²) in [5, 5.41) is 6.43. The topological polar surface area (TPSA) is 42.7 Å². The molecule has 0 saturated carbocycles. The highest BCUT2D eigenvalue weighted by molar-refractivity contribution is 5.02. The van der Waals surface area contributed by atoms with Crippen molar-refractivity contribution in [2.75, 3.05) is 6.54 Å². The van der Waals surface area contributed by atoms with Crippen molar-refractivity contribution in [3.05, 3.63) is 11.6 Å². The van der Waals surface area contributed by atoms with Crippen LogP contribution in [0.25, 0.3) is 0 Å². The number of alkyl halides is 3. The molecule has 1 aromatic heterocycles. The maximum Gasteiger partial charge on any atom is 0.453 e. The van der Waals surface area contributed by atoms with Crippen LogP contribution >= 0.6 is 0 Å². The lowest BCUT2D eigenvalue weighted by atomic mass is 10.3. The van der Waals surface area contributed by atoms with E-state index in [9.17, 15) is 13.2 Å². The summed E-state index contributed by atoms with van der Waals surface area (Å²) in [7, 11) is 0. The van der Waals surface area contributed by atoms with Crippen LogP contribution in [0.4, 0.5) is 13.2 Å². The average molecular weight is 206 g/mol. The van der Waals surface area contributed by atoms with Crippen molar-refractivity contribution in [3.63, 3.8) is 0 Å². The summed E-state index contributed by atoms with van der Waals surface area (Å²) in [6.45, 7) is 2.82. The van der Waals surface area contributed by atoms with Crippen molar-refractivity contribution in [2.24, 2.45) is 0 Å². The van der Waals surface area contributed by atoms with Gasteiger partial charge in [-0.15, -0.1) is 5.10 Å². The first-order valence-electron chi connectivity index (χ1n) is 4.24. The quantitative estimate of drug-likeness (QED) is 0.687. The molecule has 2 rings (SSSR count). The summed E-state index contributed by atoms with van der Waals surface area (Å²) in [6.07, 6.45) is -4.45. The lowest BCUT2D eigenvalue weighted by Crippen LogP contribution is -2.32. The summed E-state index contributed by atoms with van der Waals surface area (Å²) in [5.41, 5.74) is 0. The highest BCUT2D eigenvalue weighted by Gasteiger charge is 2.38. The molecule has 0 amide bonds. The number of hydrogen-bond donors (Lipinski definition) is 1. The van der Waals surface area contributed by atoms with Crippen LogP contribution in [0, 0.1) is 0 Å². The maximum absolute atomic E-state index is 12.2. The van der Waals surface area contributed by atoms with E-state index in [1.165, 1.54) is 4.68 Å². The van der Waals surface area contributed by atoms with Crippen molar-refractivity contribution in [1.82, 2.24) is 20.1 Å². The molecule has 0 radical (unpaired) electrons.